The van der Waals surface area contributed by atoms with Gasteiger partial charge >= 0.3 is 18.2 Å². The van der Waals surface area contributed by atoms with Crippen molar-refractivity contribution < 1.29 is 43.3 Å². The fourth-order valence-corrected chi connectivity index (χ4v) is 10.3. The van der Waals surface area contributed by atoms with Gasteiger partial charge in [0, 0.05) is 100 Å². The molecule has 4 atom stereocenters. The highest BCUT2D eigenvalue weighted by Crippen LogP contribution is 2.26. The number of aromatic carboxylic acids is 1. The molecule has 0 unspecified atom stereocenters. The van der Waals surface area contributed by atoms with E-state index in [-0.39, 0.29) is 46.8 Å². The highest BCUT2D eigenvalue weighted by Gasteiger charge is 2.32. The minimum Gasteiger partial charge on any atom is -0.478 e. The quantitative estimate of drug-likeness (QED) is 0.0561. The predicted octanol–water partition coefficient (Wildman–Crippen LogP) is 12.7. The van der Waals surface area contributed by atoms with Gasteiger partial charge in [0.25, 0.3) is 5.91 Å². The Balaban J connectivity index is 0.000000220. The molecule has 2 aromatic carbocycles. The van der Waals surface area contributed by atoms with E-state index in [2.05, 4.69) is 69.0 Å². The highest BCUT2D eigenvalue weighted by atomic mass is 35.5. The maximum Gasteiger partial charge on any atom is 0.410 e. The Morgan fingerprint density at radius 3 is 1.29 bits per heavy atom. The molecule has 5 amide bonds. The van der Waals surface area contributed by atoms with Crippen molar-refractivity contribution in [1.29, 1.82) is 0 Å². The van der Waals surface area contributed by atoms with Gasteiger partial charge in [-0.15, -0.1) is 0 Å². The molecule has 4 aromatic heterocycles. The van der Waals surface area contributed by atoms with Crippen LogP contribution in [0.25, 0.3) is 0 Å². The molecule has 0 saturated carbocycles. The number of nitrogens with two attached hydrogens (primary N) is 1. The van der Waals surface area contributed by atoms with Gasteiger partial charge in [-0.25, -0.2) is 54.3 Å². The number of hydrogen-bond donors (Lipinski definition) is 5. The topological polar surface area (TPSA) is 316 Å². The fraction of sp³-hybridized carbons (Fsp3) is 0.449. The summed E-state index contributed by atoms with van der Waals surface area (Å²) in [5.74, 6) is 2.25. The lowest BCUT2D eigenvalue weighted by molar-refractivity contribution is -0.112. The number of rotatable bonds is 12. The number of carboxylic acids is 1. The summed E-state index contributed by atoms with van der Waals surface area (Å²) in [7, 11) is 0. The molecule has 0 radical (unpaired) electrons. The Labute approximate surface area is 598 Å². The Bertz CT molecular complexity index is 3690. The van der Waals surface area contributed by atoms with Crippen molar-refractivity contribution >= 4 is 105 Å². The molecular weight excluding hydrogens is 1360 g/mol. The monoisotopic (exact) mass is 1450 g/mol. The molecule has 4 saturated heterocycles. The largest absolute Gasteiger partial charge is 0.478 e. The number of amides is 5. The Kier molecular flexibility index (Phi) is 32.1. The SMILES string of the molecule is C=CC(=O)Nc1ccc(C(=O)N2CC[C@@H](Cc3ncc(Cl)c(C)n3)C2)cc1.C=CC(=O)Nc1ccc(C(=O)O)cc1.CC(C)(C)OC(=O)N1CC[C@@H](N)C1.Cc1nc(C[C@@H]2CCN(C(=O)OC(C)(C)C)C2)ncc1Cl.Cc1nc(C[C@@H]2CCNC2)ncc1Cl.Cc1nc(Cl)ncc1Cl. The minimum absolute atomic E-state index is 0.00713. The number of nitrogens with zero attached hydrogens (tertiary/aromatic N) is 11. The number of anilines is 2. The Hall–Kier alpha value is -7.97. The van der Waals surface area contributed by atoms with Crippen LogP contribution < -0.4 is 21.7 Å². The standard InChI is InChI=1S/C20H21ClN4O2.C15H22ClN3O2.C10H14ClN3.C10H9NO3.C9H18N2O2.C5H4Cl2N2/c1-3-19(26)24-16-6-4-15(5-7-16)20(27)25-9-8-14(12-25)10-18-22-11-17(21)13(2)23-18;1-10-12(16)8-17-13(18-10)7-11-5-6-19(9-11)14(20)21-15(2,3)4;1-7-9(11)6-13-10(14-7)4-8-2-3-12-5-8;1-2-9(12)11-8-5-3-7(4-6-8)10(13)14;1-9(2,3)13-8(12)11-5-4-7(10)6-11;1-3-4(6)2-8-5(7)9-3/h3-7,11,14H,1,8-10,12H2,2H3,(H,24,26);8,11H,5-7,9H2,1-4H3;6,8,12H,2-5H2,1H3;2-6H,1H2,(H,11,12)(H,13,14);7H,4-6,10H2,1-3H3;2H,1H3/t14-;11-;8-;;7-;/m000.1./s1. The lowest BCUT2D eigenvalue weighted by Crippen LogP contribution is -2.36. The van der Waals surface area contributed by atoms with Crippen LogP contribution in [0.3, 0.4) is 0 Å². The lowest BCUT2D eigenvalue weighted by Gasteiger charge is -2.24. The van der Waals surface area contributed by atoms with Gasteiger partial charge in [-0.05, 0) is 198 Å². The number of hydrogen-bond acceptors (Lipinski definition) is 18. The zero-order valence-corrected chi connectivity index (χ0v) is 60.8. The Morgan fingerprint density at radius 2 is 0.929 bits per heavy atom. The second-order valence-electron chi connectivity index (χ2n) is 25.5. The van der Waals surface area contributed by atoms with Crippen LogP contribution in [0.4, 0.5) is 21.0 Å². The van der Waals surface area contributed by atoms with E-state index in [9.17, 15) is 28.8 Å². The van der Waals surface area contributed by atoms with E-state index in [1.807, 2.05) is 67.2 Å². The number of likely N-dealkylation sites (tertiary alicyclic amines) is 3. The molecule has 98 heavy (non-hydrogen) atoms. The third-order valence-corrected chi connectivity index (χ3v) is 16.6. The number of nitrogens with one attached hydrogen (secondary N) is 3. The number of halogens is 5. The minimum atomic E-state index is -0.994. The van der Waals surface area contributed by atoms with Crippen LogP contribution in [0.1, 0.15) is 128 Å². The third-order valence-electron chi connectivity index (χ3n) is 14.9. The van der Waals surface area contributed by atoms with E-state index >= 15 is 0 Å². The molecule has 6 aromatic rings. The van der Waals surface area contributed by atoms with Gasteiger partial charge in [-0.3, -0.25) is 14.4 Å². The Morgan fingerprint density at radius 1 is 0.551 bits per heavy atom. The average molecular weight is 1450 g/mol. The maximum atomic E-state index is 12.7. The molecule has 10 rings (SSSR count). The summed E-state index contributed by atoms with van der Waals surface area (Å²) >= 11 is 28.8. The van der Waals surface area contributed by atoms with Crippen molar-refractivity contribution in [2.24, 2.45) is 23.5 Å². The highest BCUT2D eigenvalue weighted by molar-refractivity contribution is 6.32. The predicted molar refractivity (Wildman–Crippen MR) is 382 cm³/mol. The number of carboxylic acid groups (broad SMARTS) is 1. The van der Waals surface area contributed by atoms with Crippen molar-refractivity contribution in [3.63, 3.8) is 0 Å². The second-order valence-corrected chi connectivity index (χ2v) is 27.5. The molecule has 8 heterocycles. The van der Waals surface area contributed by atoms with E-state index < -0.39 is 17.2 Å². The van der Waals surface area contributed by atoms with E-state index in [0.29, 0.717) is 86.7 Å². The molecule has 4 aliphatic rings. The number of carbonyl (C=O) groups excluding carboxylic acids is 5. The molecule has 528 valence electrons. The zero-order chi connectivity index (χ0) is 72.4. The molecule has 6 N–H and O–H groups in total. The zero-order valence-electron chi connectivity index (χ0n) is 57.0. The third kappa shape index (κ3) is 28.8. The van der Waals surface area contributed by atoms with Crippen LogP contribution in [0.2, 0.25) is 25.4 Å². The van der Waals surface area contributed by atoms with E-state index in [1.165, 1.54) is 43.0 Å². The van der Waals surface area contributed by atoms with Gasteiger partial charge in [0.1, 0.15) is 28.7 Å². The van der Waals surface area contributed by atoms with Gasteiger partial charge in [-0.2, -0.15) is 0 Å². The van der Waals surface area contributed by atoms with Crippen LogP contribution in [-0.2, 0) is 38.3 Å². The number of ether oxygens (including phenoxy) is 2. The first-order valence-electron chi connectivity index (χ1n) is 31.8. The normalized spacial score (nSPS) is 16.9. The molecule has 0 spiro atoms. The number of benzene rings is 2. The number of aryl methyl sites for hydroxylation is 4. The first kappa shape index (κ1) is 80.7. The van der Waals surface area contributed by atoms with E-state index in [4.69, 9.17) is 78.3 Å². The van der Waals surface area contributed by atoms with Crippen molar-refractivity contribution in [1.82, 2.24) is 59.9 Å². The summed E-state index contributed by atoms with van der Waals surface area (Å²) in [6, 6.07) is 12.9. The van der Waals surface area contributed by atoms with Crippen LogP contribution in [0.5, 0.6) is 0 Å². The maximum absolute atomic E-state index is 12.7. The van der Waals surface area contributed by atoms with Crippen LogP contribution >= 0.6 is 58.0 Å². The second kappa shape index (κ2) is 39.0. The van der Waals surface area contributed by atoms with Crippen LogP contribution in [0, 0.1) is 45.4 Å². The molecule has 0 bridgehead atoms. The van der Waals surface area contributed by atoms with E-state index in [0.717, 1.165) is 105 Å². The van der Waals surface area contributed by atoms with Crippen molar-refractivity contribution in [2.45, 2.75) is 131 Å². The summed E-state index contributed by atoms with van der Waals surface area (Å²) in [6.45, 7) is 31.7. The summed E-state index contributed by atoms with van der Waals surface area (Å²) in [6.07, 6.45) is 14.7. The molecule has 4 aliphatic heterocycles. The first-order chi connectivity index (χ1) is 46.2. The molecule has 24 nitrogen and oxygen atoms in total. The van der Waals surface area contributed by atoms with Gasteiger partial charge in [0.15, 0.2) is 0 Å². The summed E-state index contributed by atoms with van der Waals surface area (Å²) in [5.41, 5.74) is 9.92. The van der Waals surface area contributed by atoms with Gasteiger partial charge in [-0.1, -0.05) is 59.6 Å². The first-order valence-corrected chi connectivity index (χ1v) is 33.7. The summed E-state index contributed by atoms with van der Waals surface area (Å²) in [4.78, 5) is 108. The van der Waals surface area contributed by atoms with Crippen molar-refractivity contribution in [3.8, 4) is 0 Å². The van der Waals surface area contributed by atoms with Gasteiger partial charge < -0.3 is 51.0 Å². The van der Waals surface area contributed by atoms with Crippen molar-refractivity contribution in [2.75, 3.05) is 63.0 Å². The van der Waals surface area contributed by atoms with Gasteiger partial charge in [0.05, 0.1) is 54.6 Å². The average Bonchev–Trinajstić information content (AvgIpc) is 1.72. The smallest absolute Gasteiger partial charge is 0.410 e. The van der Waals surface area contributed by atoms with Gasteiger partial charge in [0.2, 0.25) is 17.1 Å². The number of aromatic nitrogens is 8. The van der Waals surface area contributed by atoms with E-state index in [1.54, 1.807) is 59.6 Å². The summed E-state index contributed by atoms with van der Waals surface area (Å²) in [5, 5.41) is 19.7. The molecule has 0 aliphatic carbocycles. The molecular formula is C69H88Cl5N15O9. The lowest BCUT2D eigenvalue weighted by atomic mass is 10.0. The molecule has 29 heteroatoms. The van der Waals surface area contributed by atoms with Crippen LogP contribution in [0.15, 0.2) is 98.6 Å². The molecule has 4 fully saturated rings. The number of carbonyl (C=O) groups is 6. The van der Waals surface area contributed by atoms with Crippen molar-refractivity contribution in [3.05, 3.63) is 175 Å². The fourth-order valence-electron chi connectivity index (χ4n) is 9.80. The summed E-state index contributed by atoms with van der Waals surface area (Å²) < 4.78 is 10.6. The van der Waals surface area contributed by atoms with Crippen LogP contribution in [-0.4, -0.2) is 165 Å².